The van der Waals surface area contributed by atoms with E-state index in [1.54, 1.807) is 4.90 Å². The van der Waals surface area contributed by atoms with Crippen molar-refractivity contribution in [3.05, 3.63) is 29.3 Å². The molecule has 0 spiro atoms. The van der Waals surface area contributed by atoms with E-state index in [0.717, 1.165) is 24.2 Å². The molecule has 1 aliphatic rings. The van der Waals surface area contributed by atoms with Gasteiger partial charge in [0.05, 0.1) is 5.92 Å². The Morgan fingerprint density at radius 3 is 2.81 bits per heavy atom. The van der Waals surface area contributed by atoms with Gasteiger partial charge in [-0.1, -0.05) is 13.0 Å². The first-order valence-corrected chi connectivity index (χ1v) is 7.59. The summed E-state index contributed by atoms with van der Waals surface area (Å²) in [4.78, 5) is 13.1. The predicted molar refractivity (Wildman–Crippen MR) is 85.8 cm³/mol. The van der Waals surface area contributed by atoms with Gasteiger partial charge >= 0.3 is 5.97 Å². The van der Waals surface area contributed by atoms with E-state index >= 15 is 0 Å². The van der Waals surface area contributed by atoms with Gasteiger partial charge in [0.15, 0.2) is 0 Å². The van der Waals surface area contributed by atoms with Crippen molar-refractivity contribution in [2.45, 2.75) is 32.1 Å². The SMILES string of the molecule is CCC(C(=O)O)[C@@H]1CCc2cc(OC(=S)N(C)C)ccc21. The molecule has 0 radical (unpaired) electrons. The lowest BCUT2D eigenvalue weighted by molar-refractivity contribution is -0.142. The molecule has 2 rings (SSSR count). The smallest absolute Gasteiger partial charge is 0.307 e. The van der Waals surface area contributed by atoms with E-state index in [1.807, 2.05) is 39.2 Å². The lowest BCUT2D eigenvalue weighted by Crippen LogP contribution is -2.25. The number of carbonyl (C=O) groups is 1. The molecule has 0 amide bonds. The zero-order valence-electron chi connectivity index (χ0n) is 12.6. The Labute approximate surface area is 130 Å². The summed E-state index contributed by atoms with van der Waals surface area (Å²) in [6, 6.07) is 5.85. The van der Waals surface area contributed by atoms with E-state index in [9.17, 15) is 9.90 Å². The van der Waals surface area contributed by atoms with Crippen LogP contribution in [0.3, 0.4) is 0 Å². The number of carboxylic acids is 1. The van der Waals surface area contributed by atoms with Gasteiger partial charge in [-0.25, -0.2) is 0 Å². The first-order chi connectivity index (χ1) is 9.93. The van der Waals surface area contributed by atoms with E-state index in [-0.39, 0.29) is 11.8 Å². The molecule has 5 heteroatoms. The average molecular weight is 307 g/mol. The maximum atomic E-state index is 11.4. The number of hydrogen-bond acceptors (Lipinski definition) is 3. The van der Waals surface area contributed by atoms with Gasteiger partial charge in [0.1, 0.15) is 5.75 Å². The number of aliphatic carboxylic acids is 1. The van der Waals surface area contributed by atoms with Crippen LogP contribution < -0.4 is 4.74 Å². The van der Waals surface area contributed by atoms with Crippen molar-refractivity contribution in [2.24, 2.45) is 5.92 Å². The van der Waals surface area contributed by atoms with E-state index in [4.69, 9.17) is 17.0 Å². The third-order valence-electron chi connectivity index (χ3n) is 4.05. The van der Waals surface area contributed by atoms with Crippen molar-refractivity contribution in [3.63, 3.8) is 0 Å². The Balaban J connectivity index is 2.20. The summed E-state index contributed by atoms with van der Waals surface area (Å²) in [6.07, 6.45) is 2.44. The van der Waals surface area contributed by atoms with E-state index in [1.165, 1.54) is 5.56 Å². The summed E-state index contributed by atoms with van der Waals surface area (Å²) < 4.78 is 5.61. The van der Waals surface area contributed by atoms with Crippen molar-refractivity contribution in [1.82, 2.24) is 4.90 Å². The van der Waals surface area contributed by atoms with Crippen LogP contribution in [-0.2, 0) is 11.2 Å². The van der Waals surface area contributed by atoms with Crippen LogP contribution in [0.25, 0.3) is 0 Å². The van der Waals surface area contributed by atoms with Crippen molar-refractivity contribution in [3.8, 4) is 5.75 Å². The number of fused-ring (bicyclic) bond motifs is 1. The van der Waals surface area contributed by atoms with Gasteiger partial charge in [0.25, 0.3) is 5.17 Å². The molecule has 114 valence electrons. The molecule has 0 aliphatic heterocycles. The maximum Gasteiger partial charge on any atom is 0.307 e. The number of hydrogen-bond donors (Lipinski definition) is 1. The molecule has 1 unspecified atom stereocenters. The number of aryl methyl sites for hydroxylation is 1. The first-order valence-electron chi connectivity index (χ1n) is 7.18. The van der Waals surface area contributed by atoms with Crippen LogP contribution in [0, 0.1) is 5.92 Å². The van der Waals surface area contributed by atoms with Crippen LogP contribution in [0.5, 0.6) is 5.75 Å². The predicted octanol–water partition coefficient (Wildman–Crippen LogP) is 3.05. The molecule has 1 aromatic rings. The maximum absolute atomic E-state index is 11.4. The van der Waals surface area contributed by atoms with Gasteiger partial charge in [-0.2, -0.15) is 0 Å². The molecule has 0 heterocycles. The molecular formula is C16H21NO3S. The summed E-state index contributed by atoms with van der Waals surface area (Å²) in [6.45, 7) is 1.93. The normalized spacial score (nSPS) is 18.0. The van der Waals surface area contributed by atoms with Crippen LogP contribution in [-0.4, -0.2) is 35.2 Å². The van der Waals surface area contributed by atoms with Crippen molar-refractivity contribution in [1.29, 1.82) is 0 Å². The molecule has 0 saturated heterocycles. The van der Waals surface area contributed by atoms with Crippen LogP contribution in [0.4, 0.5) is 0 Å². The molecule has 0 bridgehead atoms. The van der Waals surface area contributed by atoms with Gasteiger partial charge in [0.2, 0.25) is 0 Å². The topological polar surface area (TPSA) is 49.8 Å². The second-order valence-electron chi connectivity index (χ2n) is 5.62. The number of thiocarbonyl (C=S) groups is 1. The number of rotatable bonds is 4. The summed E-state index contributed by atoms with van der Waals surface area (Å²) >= 11 is 5.13. The number of nitrogens with zero attached hydrogens (tertiary/aromatic N) is 1. The summed E-state index contributed by atoms with van der Waals surface area (Å²) in [5.74, 6) is -0.181. The minimum absolute atomic E-state index is 0.109. The molecule has 1 aliphatic carbocycles. The van der Waals surface area contributed by atoms with Crippen molar-refractivity contribution < 1.29 is 14.6 Å². The Bertz CT molecular complexity index is 556. The molecule has 0 saturated carbocycles. The highest BCUT2D eigenvalue weighted by Crippen LogP contribution is 2.41. The Kier molecular flexibility index (Phi) is 4.83. The number of carboxylic acid groups (broad SMARTS) is 1. The van der Waals surface area contributed by atoms with Crippen LogP contribution in [0.15, 0.2) is 18.2 Å². The van der Waals surface area contributed by atoms with Crippen molar-refractivity contribution >= 4 is 23.4 Å². The van der Waals surface area contributed by atoms with Gasteiger partial charge in [0, 0.05) is 14.1 Å². The first kappa shape index (κ1) is 15.8. The minimum Gasteiger partial charge on any atom is -0.481 e. The molecule has 0 fully saturated rings. The second-order valence-corrected chi connectivity index (χ2v) is 5.97. The van der Waals surface area contributed by atoms with Crippen LogP contribution in [0.1, 0.15) is 36.8 Å². The second kappa shape index (κ2) is 6.43. The zero-order chi connectivity index (χ0) is 15.6. The fourth-order valence-electron chi connectivity index (χ4n) is 2.93. The minimum atomic E-state index is -0.704. The third-order valence-corrected chi connectivity index (χ3v) is 4.50. The van der Waals surface area contributed by atoms with Crippen LogP contribution >= 0.6 is 12.2 Å². The molecule has 21 heavy (non-hydrogen) atoms. The van der Waals surface area contributed by atoms with Crippen LogP contribution in [0.2, 0.25) is 0 Å². The molecule has 1 aromatic carbocycles. The molecular weight excluding hydrogens is 286 g/mol. The van der Waals surface area contributed by atoms with Gasteiger partial charge in [-0.05, 0) is 60.7 Å². The molecule has 0 aromatic heterocycles. The van der Waals surface area contributed by atoms with Gasteiger partial charge in [-0.15, -0.1) is 0 Å². The summed E-state index contributed by atoms with van der Waals surface area (Å²) in [5, 5.41) is 9.76. The Morgan fingerprint density at radius 2 is 2.24 bits per heavy atom. The van der Waals surface area contributed by atoms with Gasteiger partial charge < -0.3 is 14.7 Å². The average Bonchev–Trinajstić information content (AvgIpc) is 2.82. The highest BCUT2D eigenvalue weighted by Gasteiger charge is 2.33. The lowest BCUT2D eigenvalue weighted by Gasteiger charge is -2.19. The summed E-state index contributed by atoms with van der Waals surface area (Å²) in [7, 11) is 3.68. The molecule has 2 atom stereocenters. The Morgan fingerprint density at radius 1 is 1.52 bits per heavy atom. The van der Waals surface area contributed by atoms with E-state index < -0.39 is 5.97 Å². The Hall–Kier alpha value is -1.62. The third kappa shape index (κ3) is 3.35. The molecule has 4 nitrogen and oxygen atoms in total. The fraction of sp³-hybridized carbons (Fsp3) is 0.500. The lowest BCUT2D eigenvalue weighted by atomic mass is 9.85. The van der Waals surface area contributed by atoms with E-state index in [0.29, 0.717) is 11.6 Å². The number of ether oxygens (including phenoxy) is 1. The zero-order valence-corrected chi connectivity index (χ0v) is 13.4. The highest BCUT2D eigenvalue weighted by atomic mass is 32.1. The largest absolute Gasteiger partial charge is 0.481 e. The monoisotopic (exact) mass is 307 g/mol. The van der Waals surface area contributed by atoms with Gasteiger partial charge in [-0.3, -0.25) is 4.79 Å². The van der Waals surface area contributed by atoms with E-state index in [2.05, 4.69) is 0 Å². The molecule has 1 N–H and O–H groups in total. The van der Waals surface area contributed by atoms with Crippen molar-refractivity contribution in [2.75, 3.05) is 14.1 Å². The highest BCUT2D eigenvalue weighted by molar-refractivity contribution is 7.80. The fourth-order valence-corrected chi connectivity index (χ4v) is 3.03. The number of benzene rings is 1. The summed E-state index contributed by atoms with van der Waals surface area (Å²) in [5.41, 5.74) is 2.33. The quantitative estimate of drug-likeness (QED) is 0.866. The standard InChI is InChI=1S/C16H21NO3S/c1-4-12(15(18)19)14-7-5-10-9-11(6-8-13(10)14)20-16(21)17(2)3/h6,8-9,12,14H,4-5,7H2,1-3H3,(H,18,19)/t12?,14-/m0/s1.